The zero-order chi connectivity index (χ0) is 9.84. The number of carbonyl (C=O) groups is 1. The van der Waals surface area contributed by atoms with E-state index >= 15 is 0 Å². The molecule has 70 valence electrons. The zero-order valence-corrected chi connectivity index (χ0v) is 7.77. The molecule has 0 radical (unpaired) electrons. The summed E-state index contributed by atoms with van der Waals surface area (Å²) in [4.78, 5) is 19.1. The normalized spacial score (nSPS) is 12.8. The Kier molecular flexibility index (Phi) is 2.95. The molecule has 0 aliphatic rings. The molecule has 13 heavy (non-hydrogen) atoms. The summed E-state index contributed by atoms with van der Waals surface area (Å²) in [5, 5.41) is 0. The third-order valence-corrected chi connectivity index (χ3v) is 1.87. The fourth-order valence-electron chi connectivity index (χ4n) is 1.29. The van der Waals surface area contributed by atoms with Gasteiger partial charge in [0, 0.05) is 18.6 Å². The van der Waals surface area contributed by atoms with Gasteiger partial charge in [-0.25, -0.2) is 0 Å². The van der Waals surface area contributed by atoms with Crippen molar-refractivity contribution in [1.82, 2.24) is 9.97 Å². The van der Waals surface area contributed by atoms with Gasteiger partial charge >= 0.3 is 0 Å². The highest BCUT2D eigenvalue weighted by atomic mass is 16.1. The van der Waals surface area contributed by atoms with Crippen LogP contribution in [0.2, 0.25) is 0 Å². The molecule has 1 atom stereocenters. The second kappa shape index (κ2) is 3.98. The first-order chi connectivity index (χ1) is 6.13. The lowest BCUT2D eigenvalue weighted by molar-refractivity contribution is -0.120. The van der Waals surface area contributed by atoms with Crippen LogP contribution in [0.25, 0.3) is 0 Å². The van der Waals surface area contributed by atoms with E-state index in [2.05, 4.69) is 9.97 Å². The Morgan fingerprint density at radius 2 is 2.15 bits per heavy atom. The maximum absolute atomic E-state index is 11.1. The molecule has 4 nitrogen and oxygen atoms in total. The molecule has 1 rings (SSSR count). The van der Waals surface area contributed by atoms with Gasteiger partial charge in [-0.05, 0) is 5.92 Å². The van der Waals surface area contributed by atoms with E-state index < -0.39 is 0 Å². The maximum Gasteiger partial charge on any atom is 0.226 e. The maximum atomic E-state index is 11.1. The standard InChI is InChI=1S/C9H13N3O/c1-6(2)8(9(10)13)7-5-11-3-4-12-7/h3-6,8H,1-2H3,(H2,10,13). The van der Waals surface area contributed by atoms with Gasteiger partial charge in [-0.15, -0.1) is 0 Å². The van der Waals surface area contributed by atoms with Crippen molar-refractivity contribution >= 4 is 5.91 Å². The topological polar surface area (TPSA) is 68.9 Å². The average molecular weight is 179 g/mol. The number of nitrogens with zero attached hydrogens (tertiary/aromatic N) is 2. The number of carbonyl (C=O) groups excluding carboxylic acids is 1. The van der Waals surface area contributed by atoms with E-state index in [4.69, 9.17) is 5.73 Å². The van der Waals surface area contributed by atoms with Crippen LogP contribution in [0.4, 0.5) is 0 Å². The van der Waals surface area contributed by atoms with Crippen molar-refractivity contribution in [3.8, 4) is 0 Å². The van der Waals surface area contributed by atoms with Gasteiger partial charge in [0.05, 0.1) is 11.6 Å². The number of rotatable bonds is 3. The highest BCUT2D eigenvalue weighted by molar-refractivity contribution is 5.81. The van der Waals surface area contributed by atoms with Gasteiger partial charge < -0.3 is 5.73 Å². The summed E-state index contributed by atoms with van der Waals surface area (Å²) in [7, 11) is 0. The second-order valence-corrected chi connectivity index (χ2v) is 3.25. The molecule has 4 heteroatoms. The van der Waals surface area contributed by atoms with Crippen LogP contribution in [0, 0.1) is 5.92 Å². The smallest absolute Gasteiger partial charge is 0.226 e. The second-order valence-electron chi connectivity index (χ2n) is 3.25. The van der Waals surface area contributed by atoms with Crippen LogP contribution >= 0.6 is 0 Å². The third-order valence-electron chi connectivity index (χ3n) is 1.87. The van der Waals surface area contributed by atoms with Crippen LogP contribution in [-0.4, -0.2) is 15.9 Å². The summed E-state index contributed by atoms with van der Waals surface area (Å²) < 4.78 is 0. The van der Waals surface area contributed by atoms with Crippen molar-refractivity contribution in [3.63, 3.8) is 0 Å². The Morgan fingerprint density at radius 3 is 2.54 bits per heavy atom. The van der Waals surface area contributed by atoms with Crippen molar-refractivity contribution in [2.24, 2.45) is 11.7 Å². The Morgan fingerprint density at radius 1 is 1.46 bits per heavy atom. The molecule has 0 saturated carbocycles. The molecule has 1 aromatic rings. The molecule has 0 aliphatic heterocycles. The van der Waals surface area contributed by atoms with Gasteiger partial charge in [-0.3, -0.25) is 14.8 Å². The summed E-state index contributed by atoms with van der Waals surface area (Å²) in [6.07, 6.45) is 4.71. The quantitative estimate of drug-likeness (QED) is 0.742. The lowest BCUT2D eigenvalue weighted by Gasteiger charge is -2.15. The lowest BCUT2D eigenvalue weighted by atomic mass is 9.92. The fourth-order valence-corrected chi connectivity index (χ4v) is 1.29. The molecule has 0 saturated heterocycles. The monoisotopic (exact) mass is 179 g/mol. The van der Waals surface area contributed by atoms with Crippen LogP contribution in [0.3, 0.4) is 0 Å². The molecule has 1 amide bonds. The summed E-state index contributed by atoms with van der Waals surface area (Å²) >= 11 is 0. The Bertz CT molecular complexity index is 284. The van der Waals surface area contributed by atoms with Crippen LogP contribution < -0.4 is 5.73 Å². The molecule has 0 spiro atoms. The number of aromatic nitrogens is 2. The first-order valence-corrected chi connectivity index (χ1v) is 4.18. The summed E-state index contributed by atoms with van der Waals surface area (Å²) in [6.45, 7) is 3.87. The third kappa shape index (κ3) is 2.24. The molecule has 0 aromatic carbocycles. The van der Waals surface area contributed by atoms with E-state index in [1.54, 1.807) is 18.6 Å². The van der Waals surface area contributed by atoms with E-state index in [1.165, 1.54) is 0 Å². The van der Waals surface area contributed by atoms with Crippen molar-refractivity contribution in [2.75, 3.05) is 0 Å². The summed E-state index contributed by atoms with van der Waals surface area (Å²) in [5.41, 5.74) is 5.91. The van der Waals surface area contributed by atoms with Gasteiger partial charge in [0.25, 0.3) is 0 Å². The Balaban J connectivity index is 2.96. The van der Waals surface area contributed by atoms with E-state index in [0.29, 0.717) is 5.69 Å². The SMILES string of the molecule is CC(C)C(C(N)=O)c1cnccn1. The van der Waals surface area contributed by atoms with Crippen LogP contribution in [0.1, 0.15) is 25.5 Å². The van der Waals surface area contributed by atoms with Crippen LogP contribution in [-0.2, 0) is 4.79 Å². The number of hydrogen-bond donors (Lipinski definition) is 1. The number of primary amides is 1. The van der Waals surface area contributed by atoms with E-state index in [1.807, 2.05) is 13.8 Å². The molecular formula is C9H13N3O. The van der Waals surface area contributed by atoms with Gasteiger partial charge in [0.1, 0.15) is 0 Å². The zero-order valence-electron chi connectivity index (χ0n) is 7.77. The summed E-state index contributed by atoms with van der Waals surface area (Å²) in [6, 6.07) is 0. The number of amides is 1. The van der Waals surface area contributed by atoms with E-state index in [9.17, 15) is 4.79 Å². The van der Waals surface area contributed by atoms with E-state index in [-0.39, 0.29) is 17.7 Å². The fraction of sp³-hybridized carbons (Fsp3) is 0.444. The highest BCUT2D eigenvalue weighted by Gasteiger charge is 2.22. The molecule has 0 fully saturated rings. The van der Waals surface area contributed by atoms with Crippen LogP contribution in [0.15, 0.2) is 18.6 Å². The van der Waals surface area contributed by atoms with Crippen molar-refractivity contribution < 1.29 is 4.79 Å². The summed E-state index contributed by atoms with van der Waals surface area (Å²) in [5.74, 6) is -0.543. The number of hydrogen-bond acceptors (Lipinski definition) is 3. The average Bonchev–Trinajstić information content (AvgIpc) is 2.04. The van der Waals surface area contributed by atoms with E-state index in [0.717, 1.165) is 0 Å². The van der Waals surface area contributed by atoms with Gasteiger partial charge in [-0.1, -0.05) is 13.8 Å². The van der Waals surface area contributed by atoms with Crippen LogP contribution in [0.5, 0.6) is 0 Å². The van der Waals surface area contributed by atoms with Crippen molar-refractivity contribution in [3.05, 3.63) is 24.3 Å². The molecule has 1 aromatic heterocycles. The van der Waals surface area contributed by atoms with Gasteiger partial charge in [-0.2, -0.15) is 0 Å². The Labute approximate surface area is 77.2 Å². The van der Waals surface area contributed by atoms with Gasteiger partial charge in [0.15, 0.2) is 0 Å². The lowest BCUT2D eigenvalue weighted by Crippen LogP contribution is -2.26. The highest BCUT2D eigenvalue weighted by Crippen LogP contribution is 2.20. The first kappa shape index (κ1) is 9.64. The predicted molar refractivity (Wildman–Crippen MR) is 48.8 cm³/mol. The minimum Gasteiger partial charge on any atom is -0.369 e. The molecule has 0 bridgehead atoms. The molecule has 1 unspecified atom stereocenters. The van der Waals surface area contributed by atoms with Gasteiger partial charge in [0.2, 0.25) is 5.91 Å². The first-order valence-electron chi connectivity index (χ1n) is 4.18. The molecule has 1 heterocycles. The minimum atomic E-state index is -0.351. The van der Waals surface area contributed by atoms with Crippen molar-refractivity contribution in [1.29, 1.82) is 0 Å². The number of nitrogens with two attached hydrogens (primary N) is 1. The van der Waals surface area contributed by atoms with Crippen molar-refractivity contribution in [2.45, 2.75) is 19.8 Å². The minimum absolute atomic E-state index is 0.147. The largest absolute Gasteiger partial charge is 0.369 e. The molecular weight excluding hydrogens is 166 g/mol. The Hall–Kier alpha value is -1.45. The molecule has 0 aliphatic carbocycles. The predicted octanol–water partition coefficient (Wildman–Crippen LogP) is 0.701. The molecule has 2 N–H and O–H groups in total.